The molecular formula is C22H24N4O5S. The Kier molecular flexibility index (Phi) is 5.64. The Bertz CT molecular complexity index is 1220. The third-order valence-electron chi connectivity index (χ3n) is 4.66. The summed E-state index contributed by atoms with van der Waals surface area (Å²) >= 11 is 0. The van der Waals surface area contributed by atoms with E-state index in [1.165, 1.54) is 11.1 Å². The molecule has 0 radical (unpaired) electrons. The summed E-state index contributed by atoms with van der Waals surface area (Å²) in [4.78, 5) is 12.5. The van der Waals surface area contributed by atoms with Crippen molar-refractivity contribution in [1.29, 1.82) is 0 Å². The summed E-state index contributed by atoms with van der Waals surface area (Å²) < 4.78 is 39.7. The van der Waals surface area contributed by atoms with E-state index in [1.807, 2.05) is 26.8 Å². The van der Waals surface area contributed by atoms with E-state index in [2.05, 4.69) is 14.8 Å². The zero-order valence-electron chi connectivity index (χ0n) is 18.0. The van der Waals surface area contributed by atoms with Crippen molar-refractivity contribution >= 4 is 28.0 Å². The number of amides is 1. The van der Waals surface area contributed by atoms with Gasteiger partial charge in [0.15, 0.2) is 17.3 Å². The van der Waals surface area contributed by atoms with Crippen LogP contribution in [0.1, 0.15) is 38.3 Å². The molecule has 0 saturated heterocycles. The van der Waals surface area contributed by atoms with Crippen LogP contribution in [0.2, 0.25) is 0 Å². The Morgan fingerprint density at radius 2 is 1.94 bits per heavy atom. The molecule has 2 heterocycles. The molecule has 0 atom stereocenters. The summed E-state index contributed by atoms with van der Waals surface area (Å²) in [6.45, 7) is 5.99. The van der Waals surface area contributed by atoms with Crippen LogP contribution >= 0.6 is 0 Å². The van der Waals surface area contributed by atoms with Gasteiger partial charge in [0.25, 0.3) is 10.0 Å². The molecule has 9 nitrogen and oxygen atoms in total. The van der Waals surface area contributed by atoms with Crippen molar-refractivity contribution in [2.45, 2.75) is 37.6 Å². The maximum atomic E-state index is 12.5. The number of amidine groups is 1. The SMILES string of the molecule is CC(C)(C)NC(=O)CCN(N=Cc1ccc2c(c1)OCO2)C1=NS(=O)(=O)c2ccccc21. The van der Waals surface area contributed by atoms with Crippen molar-refractivity contribution in [3.8, 4) is 11.5 Å². The third-order valence-corrected chi connectivity index (χ3v) is 5.99. The smallest absolute Gasteiger partial charge is 0.285 e. The van der Waals surface area contributed by atoms with Crippen molar-refractivity contribution in [1.82, 2.24) is 10.3 Å². The van der Waals surface area contributed by atoms with Gasteiger partial charge >= 0.3 is 0 Å². The second kappa shape index (κ2) is 8.27. The predicted octanol–water partition coefficient (Wildman–Crippen LogP) is 2.51. The largest absolute Gasteiger partial charge is 0.454 e. The van der Waals surface area contributed by atoms with Crippen LogP contribution in [-0.4, -0.2) is 50.3 Å². The highest BCUT2D eigenvalue weighted by Gasteiger charge is 2.32. The van der Waals surface area contributed by atoms with Crippen molar-refractivity contribution < 1.29 is 22.7 Å². The van der Waals surface area contributed by atoms with Crippen LogP contribution in [0, 0.1) is 0 Å². The van der Waals surface area contributed by atoms with Crippen LogP contribution in [0.5, 0.6) is 11.5 Å². The fourth-order valence-electron chi connectivity index (χ4n) is 3.31. The molecule has 2 aromatic rings. The fourth-order valence-corrected chi connectivity index (χ4v) is 4.52. The summed E-state index contributed by atoms with van der Waals surface area (Å²) in [5, 5.41) is 8.81. The van der Waals surface area contributed by atoms with Gasteiger partial charge in [0.05, 0.1) is 12.8 Å². The van der Waals surface area contributed by atoms with Gasteiger partial charge in [-0.25, -0.2) is 5.01 Å². The molecule has 0 unspecified atom stereocenters. The van der Waals surface area contributed by atoms with E-state index in [0.29, 0.717) is 17.1 Å². The Hall–Kier alpha value is -3.40. The van der Waals surface area contributed by atoms with Gasteiger partial charge in [0, 0.05) is 17.5 Å². The summed E-state index contributed by atoms with van der Waals surface area (Å²) in [7, 11) is -3.82. The molecule has 0 spiro atoms. The number of carbonyl (C=O) groups is 1. The fraction of sp³-hybridized carbons (Fsp3) is 0.318. The highest BCUT2D eigenvalue weighted by Crippen LogP contribution is 2.32. The average Bonchev–Trinajstić information content (AvgIpc) is 3.29. The van der Waals surface area contributed by atoms with Gasteiger partial charge in [0.1, 0.15) is 4.90 Å². The van der Waals surface area contributed by atoms with E-state index >= 15 is 0 Å². The van der Waals surface area contributed by atoms with Crippen LogP contribution in [0.3, 0.4) is 0 Å². The van der Waals surface area contributed by atoms with Crippen LogP contribution < -0.4 is 14.8 Å². The highest BCUT2D eigenvalue weighted by molar-refractivity contribution is 7.90. The lowest BCUT2D eigenvalue weighted by molar-refractivity contribution is -0.122. The standard InChI is InChI=1S/C22H24N4O5S/c1-22(2,3)24-20(27)10-11-26(21-16-6-4-5-7-19(16)32(28,29)25-21)23-13-15-8-9-17-18(12-15)31-14-30-17/h4-9,12-13H,10-11,14H2,1-3H3,(H,24,27). The second-order valence-electron chi connectivity index (χ2n) is 8.41. The molecule has 0 saturated carbocycles. The lowest BCUT2D eigenvalue weighted by Crippen LogP contribution is -2.42. The number of hydrogen-bond donors (Lipinski definition) is 1. The topological polar surface area (TPSA) is 110 Å². The summed E-state index contributed by atoms with van der Waals surface area (Å²) in [6.07, 6.45) is 1.68. The van der Waals surface area contributed by atoms with Crippen LogP contribution in [0.15, 0.2) is 56.9 Å². The third kappa shape index (κ3) is 4.75. The number of nitrogens with one attached hydrogen (secondary N) is 1. The molecule has 2 aromatic carbocycles. The van der Waals surface area contributed by atoms with Gasteiger partial charge in [-0.3, -0.25) is 4.79 Å². The summed E-state index contributed by atoms with van der Waals surface area (Å²) in [5.41, 5.74) is 0.804. The van der Waals surface area contributed by atoms with Gasteiger partial charge in [-0.1, -0.05) is 12.1 Å². The molecule has 10 heteroatoms. The average molecular weight is 457 g/mol. The Labute approximate surface area is 186 Å². The predicted molar refractivity (Wildman–Crippen MR) is 120 cm³/mol. The molecule has 0 fully saturated rings. The molecule has 168 valence electrons. The number of rotatable bonds is 5. The molecular weight excluding hydrogens is 432 g/mol. The van der Waals surface area contributed by atoms with Crippen molar-refractivity contribution in [2.75, 3.05) is 13.3 Å². The summed E-state index contributed by atoms with van der Waals surface area (Å²) in [6, 6.07) is 11.9. The second-order valence-corrected chi connectivity index (χ2v) is 9.99. The monoisotopic (exact) mass is 456 g/mol. The number of ether oxygens (including phenoxy) is 2. The first-order valence-electron chi connectivity index (χ1n) is 10.1. The van der Waals surface area contributed by atoms with Gasteiger partial charge in [-0.05, 0) is 56.7 Å². The summed E-state index contributed by atoms with van der Waals surface area (Å²) in [5.74, 6) is 1.27. The molecule has 1 amide bonds. The molecule has 0 aromatic heterocycles. The molecule has 2 aliphatic heterocycles. The van der Waals surface area contributed by atoms with E-state index in [-0.39, 0.29) is 41.9 Å². The number of fused-ring (bicyclic) bond motifs is 2. The van der Waals surface area contributed by atoms with Gasteiger partial charge in [0.2, 0.25) is 12.7 Å². The molecule has 0 aliphatic carbocycles. The minimum atomic E-state index is -3.82. The van der Waals surface area contributed by atoms with Crippen molar-refractivity contribution in [3.05, 3.63) is 53.6 Å². The number of sulfonamides is 1. The van der Waals surface area contributed by atoms with Crippen molar-refractivity contribution in [2.24, 2.45) is 9.50 Å². The van der Waals surface area contributed by atoms with E-state index in [0.717, 1.165) is 5.56 Å². The molecule has 1 N–H and O–H groups in total. The van der Waals surface area contributed by atoms with Crippen LogP contribution in [-0.2, 0) is 14.8 Å². The first-order chi connectivity index (χ1) is 15.1. The number of carbonyl (C=O) groups excluding carboxylic acids is 1. The van der Waals surface area contributed by atoms with Gasteiger partial charge in [-0.15, -0.1) is 4.40 Å². The van der Waals surface area contributed by atoms with E-state index in [9.17, 15) is 13.2 Å². The lowest BCUT2D eigenvalue weighted by Gasteiger charge is -2.22. The molecule has 0 bridgehead atoms. The zero-order valence-corrected chi connectivity index (χ0v) is 18.8. The van der Waals surface area contributed by atoms with Crippen LogP contribution in [0.4, 0.5) is 0 Å². The number of hydrazone groups is 1. The minimum Gasteiger partial charge on any atom is -0.454 e. The zero-order chi connectivity index (χ0) is 22.9. The number of nitrogens with zero attached hydrogens (tertiary/aromatic N) is 3. The Balaban J connectivity index is 1.62. The molecule has 2 aliphatic rings. The first-order valence-corrected chi connectivity index (χ1v) is 11.5. The van der Waals surface area contributed by atoms with Gasteiger partial charge < -0.3 is 14.8 Å². The van der Waals surface area contributed by atoms with E-state index < -0.39 is 10.0 Å². The Morgan fingerprint density at radius 3 is 2.72 bits per heavy atom. The molecule has 4 rings (SSSR count). The maximum Gasteiger partial charge on any atom is 0.285 e. The first kappa shape index (κ1) is 21.8. The van der Waals surface area contributed by atoms with Gasteiger partial charge in [-0.2, -0.15) is 13.5 Å². The van der Waals surface area contributed by atoms with E-state index in [1.54, 1.807) is 36.5 Å². The number of benzene rings is 2. The minimum absolute atomic E-state index is 0.108. The Morgan fingerprint density at radius 1 is 1.19 bits per heavy atom. The lowest BCUT2D eigenvalue weighted by atomic mass is 10.1. The van der Waals surface area contributed by atoms with Crippen LogP contribution in [0.25, 0.3) is 0 Å². The maximum absolute atomic E-state index is 12.5. The van der Waals surface area contributed by atoms with Crippen molar-refractivity contribution in [3.63, 3.8) is 0 Å². The van der Waals surface area contributed by atoms with E-state index in [4.69, 9.17) is 9.47 Å². The molecule has 32 heavy (non-hydrogen) atoms. The number of hydrogen-bond acceptors (Lipinski definition) is 7. The quantitative estimate of drug-likeness (QED) is 0.547. The normalized spacial score (nSPS) is 16.0. The highest BCUT2D eigenvalue weighted by atomic mass is 32.2.